The maximum absolute atomic E-state index is 14.0. The zero-order chi connectivity index (χ0) is 23.4. The number of carbonyl (C=O) groups excluding carboxylic acids is 2. The van der Waals surface area contributed by atoms with Crippen LogP contribution in [0.3, 0.4) is 0 Å². The van der Waals surface area contributed by atoms with Gasteiger partial charge in [-0.05, 0) is 55.1 Å². The molecule has 0 aromatic rings. The first-order valence-electron chi connectivity index (χ1n) is 12.0. The van der Waals surface area contributed by atoms with Gasteiger partial charge in [-0.2, -0.15) is 0 Å². The summed E-state index contributed by atoms with van der Waals surface area (Å²) in [5.74, 6) is 0.501. The van der Waals surface area contributed by atoms with Gasteiger partial charge in [-0.3, -0.25) is 9.59 Å². The number of rotatable bonds is 3. The van der Waals surface area contributed by atoms with Crippen molar-refractivity contribution >= 4 is 20.1 Å². The van der Waals surface area contributed by atoms with E-state index < -0.39 is 19.8 Å². The topological polar surface area (TPSA) is 61.8 Å². The van der Waals surface area contributed by atoms with Gasteiger partial charge in [0.25, 0.3) is 0 Å². The molecule has 0 unspecified atom stereocenters. The predicted octanol–water partition coefficient (Wildman–Crippen LogP) is 5.09. The Labute approximate surface area is 192 Å². The van der Waals surface area contributed by atoms with Gasteiger partial charge in [0, 0.05) is 23.8 Å². The van der Waals surface area contributed by atoms with Crippen molar-refractivity contribution in [1.82, 2.24) is 0 Å². The fourth-order valence-corrected chi connectivity index (χ4v) is 8.15. The summed E-state index contributed by atoms with van der Waals surface area (Å²) in [6.07, 6.45) is 3.48. The zero-order valence-corrected chi connectivity index (χ0v) is 21.6. The average Bonchev–Trinajstić information content (AvgIpc) is 2.92. The molecule has 2 saturated heterocycles. The van der Waals surface area contributed by atoms with Crippen LogP contribution in [0.25, 0.3) is 0 Å². The van der Waals surface area contributed by atoms with Crippen molar-refractivity contribution in [2.24, 2.45) is 23.2 Å². The molecule has 0 amide bonds. The maximum Gasteiger partial charge on any atom is 0.313 e. The number of hydrogen-bond donors (Lipinski definition) is 0. The van der Waals surface area contributed by atoms with Gasteiger partial charge in [0.05, 0.1) is 30.3 Å². The highest BCUT2D eigenvalue weighted by molar-refractivity contribution is 6.74. The second-order valence-electron chi connectivity index (χ2n) is 12.0. The van der Waals surface area contributed by atoms with E-state index in [0.717, 1.165) is 28.9 Å². The summed E-state index contributed by atoms with van der Waals surface area (Å²) >= 11 is 0. The number of hydrogen-bond acceptors (Lipinski definition) is 5. The smallest absolute Gasteiger partial charge is 0.313 e. The second kappa shape index (κ2) is 6.69. The van der Waals surface area contributed by atoms with Crippen LogP contribution in [-0.4, -0.2) is 39.4 Å². The lowest BCUT2D eigenvalue weighted by atomic mass is 9.49. The molecule has 5 nitrogen and oxygen atoms in total. The van der Waals surface area contributed by atoms with Crippen LogP contribution >= 0.6 is 0 Å². The summed E-state index contributed by atoms with van der Waals surface area (Å²) in [6, 6.07) is 0. The summed E-state index contributed by atoms with van der Waals surface area (Å²) in [5.41, 5.74) is 3.48. The molecule has 4 fully saturated rings. The first kappa shape index (κ1) is 22.1. The van der Waals surface area contributed by atoms with Gasteiger partial charge in [-0.1, -0.05) is 33.3 Å². The first-order valence-corrected chi connectivity index (χ1v) is 14.9. The minimum Gasteiger partial charge on any atom is -0.501 e. The Balaban J connectivity index is 1.68. The maximum atomic E-state index is 14.0. The Morgan fingerprint density at radius 1 is 1.22 bits per heavy atom. The lowest BCUT2D eigenvalue weighted by molar-refractivity contribution is -0.237. The number of carbonyl (C=O) groups is 2. The lowest BCUT2D eigenvalue weighted by Crippen LogP contribution is -2.70. The molecule has 6 atom stereocenters. The molecule has 6 rings (SSSR count). The molecule has 174 valence electrons. The summed E-state index contributed by atoms with van der Waals surface area (Å²) in [4.78, 5) is 27.5. The highest BCUT2D eigenvalue weighted by Gasteiger charge is 2.74. The minimum atomic E-state index is -2.12. The van der Waals surface area contributed by atoms with Crippen molar-refractivity contribution in [3.05, 3.63) is 34.1 Å². The van der Waals surface area contributed by atoms with E-state index in [1.165, 1.54) is 5.57 Å². The number of allylic oxidation sites excluding steroid dienone is 5. The van der Waals surface area contributed by atoms with E-state index in [2.05, 4.69) is 46.9 Å². The molecule has 2 aliphatic heterocycles. The van der Waals surface area contributed by atoms with E-state index >= 15 is 0 Å². The van der Waals surface area contributed by atoms with Gasteiger partial charge in [0.15, 0.2) is 14.1 Å². The SMILES string of the molecule is COC1=CC2=C3C(=C(C)C1)C(=O)[C@@H]1[C@H]4OC(=O)[C@@](CC2)([C@H](C)[C@@H]4O[Si](C)(C)C(C)(C)C)[C@H]31. The van der Waals surface area contributed by atoms with Crippen molar-refractivity contribution in [1.29, 1.82) is 0 Å². The third-order valence-corrected chi connectivity index (χ3v) is 14.0. The van der Waals surface area contributed by atoms with Gasteiger partial charge in [0.1, 0.15) is 6.10 Å². The molecule has 32 heavy (non-hydrogen) atoms. The Kier molecular flexibility index (Phi) is 4.63. The highest BCUT2D eigenvalue weighted by atomic mass is 28.4. The summed E-state index contributed by atoms with van der Waals surface area (Å²) in [7, 11) is -0.429. The number of fused-ring (bicyclic) bond motifs is 2. The Bertz CT molecular complexity index is 1010. The molecule has 0 aromatic carbocycles. The fraction of sp³-hybridized carbons (Fsp3) is 0.692. The molecule has 2 bridgehead atoms. The number of ether oxygens (including phenoxy) is 2. The number of ketones is 1. The lowest BCUT2D eigenvalue weighted by Gasteiger charge is -2.61. The largest absolute Gasteiger partial charge is 0.501 e. The molecule has 6 aliphatic rings. The molecule has 2 heterocycles. The molecule has 1 spiro atoms. The van der Waals surface area contributed by atoms with Crippen LogP contribution in [0.4, 0.5) is 0 Å². The molecule has 0 N–H and O–H groups in total. The van der Waals surface area contributed by atoms with E-state index in [9.17, 15) is 9.59 Å². The van der Waals surface area contributed by atoms with E-state index in [0.29, 0.717) is 12.8 Å². The van der Waals surface area contributed by atoms with Gasteiger partial charge in [-0.15, -0.1) is 0 Å². The van der Waals surface area contributed by atoms with E-state index in [1.54, 1.807) is 7.11 Å². The summed E-state index contributed by atoms with van der Waals surface area (Å²) in [5, 5.41) is 0.0405. The van der Waals surface area contributed by atoms with Crippen LogP contribution < -0.4 is 0 Å². The van der Waals surface area contributed by atoms with Gasteiger partial charge < -0.3 is 13.9 Å². The predicted molar refractivity (Wildman–Crippen MR) is 124 cm³/mol. The van der Waals surface area contributed by atoms with E-state index in [4.69, 9.17) is 13.9 Å². The van der Waals surface area contributed by atoms with Crippen molar-refractivity contribution in [3.63, 3.8) is 0 Å². The number of methoxy groups -OCH3 is 1. The molecular formula is C26H36O5Si. The van der Waals surface area contributed by atoms with Gasteiger partial charge in [0.2, 0.25) is 0 Å². The Morgan fingerprint density at radius 2 is 1.91 bits per heavy atom. The van der Waals surface area contributed by atoms with E-state index in [-0.39, 0.29) is 40.6 Å². The molecule has 0 radical (unpaired) electrons. The van der Waals surface area contributed by atoms with Gasteiger partial charge in [-0.25, -0.2) is 0 Å². The minimum absolute atomic E-state index is 0.0137. The Morgan fingerprint density at radius 3 is 2.53 bits per heavy atom. The summed E-state index contributed by atoms with van der Waals surface area (Å²) < 4.78 is 18.6. The second-order valence-corrected chi connectivity index (χ2v) is 16.8. The molecule has 4 aliphatic carbocycles. The normalized spacial score (nSPS) is 38.5. The van der Waals surface area contributed by atoms with Crippen molar-refractivity contribution in [2.45, 2.75) is 84.2 Å². The average molecular weight is 457 g/mol. The molecular weight excluding hydrogens is 420 g/mol. The van der Waals surface area contributed by atoms with Crippen LogP contribution in [0.2, 0.25) is 18.1 Å². The van der Waals surface area contributed by atoms with Crippen LogP contribution in [0.15, 0.2) is 34.1 Å². The third-order valence-electron chi connectivity index (χ3n) is 9.50. The quantitative estimate of drug-likeness (QED) is 0.437. The number of esters is 1. The van der Waals surface area contributed by atoms with Crippen LogP contribution in [-0.2, 0) is 23.5 Å². The zero-order valence-electron chi connectivity index (χ0n) is 20.6. The summed E-state index contributed by atoms with van der Waals surface area (Å²) in [6.45, 7) is 15.4. The third kappa shape index (κ3) is 2.59. The molecule has 2 saturated carbocycles. The van der Waals surface area contributed by atoms with Crippen LogP contribution in [0, 0.1) is 23.2 Å². The van der Waals surface area contributed by atoms with Crippen molar-refractivity contribution < 1.29 is 23.5 Å². The first-order chi connectivity index (χ1) is 14.8. The standard InChI is InChI=1S/C26H36O5Si/c1-13-11-16(29-6)12-15-9-10-26-14(2)22(31-32(7,8)25(3,4)5)23(30-24(26)28)19-20(26)18(15)17(13)21(19)27/h12,14,19-20,22-23H,9-11H2,1-8H3/t14-,19-,20-,22+,23-,26+/m1/s1. The fourth-order valence-electron chi connectivity index (χ4n) is 6.78. The number of Topliss-reactive ketones (excluding diaryl/α,β-unsaturated/α-hetero) is 1. The Hall–Kier alpha value is -1.66. The van der Waals surface area contributed by atoms with Crippen LogP contribution in [0.5, 0.6) is 0 Å². The van der Waals surface area contributed by atoms with E-state index in [1.807, 2.05) is 6.92 Å². The van der Waals surface area contributed by atoms with Crippen LogP contribution in [0.1, 0.15) is 53.9 Å². The van der Waals surface area contributed by atoms with Crippen molar-refractivity contribution in [2.75, 3.05) is 7.11 Å². The molecule has 6 heteroatoms. The molecule has 0 aromatic heterocycles. The van der Waals surface area contributed by atoms with Crippen molar-refractivity contribution in [3.8, 4) is 0 Å². The highest BCUT2D eigenvalue weighted by Crippen LogP contribution is 2.68. The monoisotopic (exact) mass is 456 g/mol. The van der Waals surface area contributed by atoms with Gasteiger partial charge >= 0.3 is 5.97 Å².